The molecule has 2 rings (SSSR count). The van der Waals surface area contributed by atoms with Crippen LogP contribution in [0.3, 0.4) is 0 Å². The van der Waals surface area contributed by atoms with E-state index in [1.165, 1.54) is 38.5 Å². The maximum absolute atomic E-state index is 5.86. The first-order valence-electron chi connectivity index (χ1n) is 6.46. The van der Waals surface area contributed by atoms with Crippen LogP contribution in [0.15, 0.2) is 0 Å². The van der Waals surface area contributed by atoms with E-state index < -0.39 is 0 Å². The molecule has 2 aliphatic carbocycles. The maximum atomic E-state index is 5.86. The van der Waals surface area contributed by atoms with E-state index in [2.05, 4.69) is 6.92 Å². The van der Waals surface area contributed by atoms with E-state index in [0.717, 1.165) is 18.4 Å². The third kappa shape index (κ3) is 4.45. The highest BCUT2D eigenvalue weighted by molar-refractivity contribution is 4.75. The van der Waals surface area contributed by atoms with Crippen LogP contribution in [0.4, 0.5) is 0 Å². The molecule has 2 fully saturated rings. The van der Waals surface area contributed by atoms with Gasteiger partial charge >= 0.3 is 0 Å². The van der Waals surface area contributed by atoms with Crippen LogP contribution in [0.1, 0.15) is 59.3 Å². The van der Waals surface area contributed by atoms with Gasteiger partial charge in [0, 0.05) is 6.61 Å². The van der Waals surface area contributed by atoms with Crippen molar-refractivity contribution in [2.24, 2.45) is 11.8 Å². The van der Waals surface area contributed by atoms with E-state index >= 15 is 0 Å². The molecular weight excluding hydrogens is 172 g/mol. The van der Waals surface area contributed by atoms with Crippen LogP contribution in [-0.2, 0) is 4.74 Å². The average molecular weight is 198 g/mol. The lowest BCUT2D eigenvalue weighted by Gasteiger charge is -2.26. The third-order valence-electron chi connectivity index (χ3n) is 3.23. The van der Waals surface area contributed by atoms with E-state index in [4.69, 9.17) is 4.74 Å². The summed E-state index contributed by atoms with van der Waals surface area (Å²) in [5.74, 6) is 1.88. The zero-order valence-electron chi connectivity index (χ0n) is 10.1. The summed E-state index contributed by atoms with van der Waals surface area (Å²) in [4.78, 5) is 0. The molecule has 0 radical (unpaired) electrons. The highest BCUT2D eigenvalue weighted by atomic mass is 16.5. The highest BCUT2D eigenvalue weighted by Crippen LogP contribution is 2.31. The molecule has 0 unspecified atom stereocenters. The van der Waals surface area contributed by atoms with Crippen molar-refractivity contribution in [1.82, 2.24) is 0 Å². The zero-order chi connectivity index (χ0) is 10.4. The molecule has 0 aromatic heterocycles. The fourth-order valence-electron chi connectivity index (χ4n) is 1.95. The Balaban J connectivity index is 0.000000461. The van der Waals surface area contributed by atoms with Gasteiger partial charge in [-0.25, -0.2) is 0 Å². The number of rotatable bonds is 3. The molecule has 2 saturated carbocycles. The molecule has 0 N–H and O–H groups in total. The Labute approximate surface area is 89.2 Å². The minimum absolute atomic E-state index is 0.613. The van der Waals surface area contributed by atoms with Crippen molar-refractivity contribution >= 4 is 0 Å². The minimum Gasteiger partial charge on any atom is -0.378 e. The van der Waals surface area contributed by atoms with Crippen LogP contribution in [0.2, 0.25) is 0 Å². The Hall–Kier alpha value is -0.0400. The van der Waals surface area contributed by atoms with Crippen molar-refractivity contribution in [2.45, 2.75) is 65.4 Å². The lowest BCUT2D eigenvalue weighted by Crippen LogP contribution is -2.21. The summed E-state index contributed by atoms with van der Waals surface area (Å²) >= 11 is 0. The first kappa shape index (κ1) is 12.0. The summed E-state index contributed by atoms with van der Waals surface area (Å²) in [7, 11) is 0. The van der Waals surface area contributed by atoms with E-state index in [-0.39, 0.29) is 0 Å². The first-order valence-corrected chi connectivity index (χ1v) is 6.46. The predicted octanol–water partition coefficient (Wildman–Crippen LogP) is 4.02. The molecule has 14 heavy (non-hydrogen) atoms. The smallest absolute Gasteiger partial charge is 0.0575 e. The molecule has 0 amide bonds. The summed E-state index contributed by atoms with van der Waals surface area (Å²) in [6, 6.07) is 0. The van der Waals surface area contributed by atoms with Gasteiger partial charge < -0.3 is 4.74 Å². The summed E-state index contributed by atoms with van der Waals surface area (Å²) < 4.78 is 5.86. The van der Waals surface area contributed by atoms with Crippen LogP contribution in [0.25, 0.3) is 0 Å². The number of ether oxygens (including phenoxy) is 1. The van der Waals surface area contributed by atoms with Gasteiger partial charge in [-0.3, -0.25) is 0 Å². The van der Waals surface area contributed by atoms with Gasteiger partial charge in [0.25, 0.3) is 0 Å². The van der Waals surface area contributed by atoms with Crippen molar-refractivity contribution in [3.05, 3.63) is 0 Å². The van der Waals surface area contributed by atoms with Gasteiger partial charge in [0.15, 0.2) is 0 Å². The van der Waals surface area contributed by atoms with Crippen molar-refractivity contribution in [3.63, 3.8) is 0 Å². The van der Waals surface area contributed by atoms with Crippen molar-refractivity contribution in [3.8, 4) is 0 Å². The lowest BCUT2D eigenvalue weighted by atomic mass is 9.89. The minimum atomic E-state index is 0.613. The van der Waals surface area contributed by atoms with Crippen LogP contribution < -0.4 is 0 Å². The van der Waals surface area contributed by atoms with Crippen LogP contribution >= 0.6 is 0 Å². The van der Waals surface area contributed by atoms with Crippen LogP contribution in [-0.4, -0.2) is 12.7 Å². The average Bonchev–Trinajstić information content (AvgIpc) is 3.04. The van der Waals surface area contributed by atoms with E-state index in [9.17, 15) is 0 Å². The van der Waals surface area contributed by atoms with Gasteiger partial charge in [-0.2, -0.15) is 0 Å². The maximum Gasteiger partial charge on any atom is 0.0575 e. The molecule has 0 saturated heterocycles. The second kappa shape index (κ2) is 6.44. The summed E-state index contributed by atoms with van der Waals surface area (Å²) in [5.41, 5.74) is 0. The van der Waals surface area contributed by atoms with Crippen LogP contribution in [0.5, 0.6) is 0 Å². The molecule has 0 atom stereocenters. The zero-order valence-corrected chi connectivity index (χ0v) is 10.1. The summed E-state index contributed by atoms with van der Waals surface area (Å²) in [5, 5.41) is 0. The van der Waals surface area contributed by atoms with Gasteiger partial charge in [-0.1, -0.05) is 20.8 Å². The van der Waals surface area contributed by atoms with E-state index in [0.29, 0.717) is 6.10 Å². The van der Waals surface area contributed by atoms with Crippen molar-refractivity contribution in [1.29, 1.82) is 0 Å². The van der Waals surface area contributed by atoms with Crippen molar-refractivity contribution in [2.75, 3.05) is 6.61 Å². The predicted molar refractivity (Wildman–Crippen MR) is 61.4 cm³/mol. The Morgan fingerprint density at radius 2 is 1.50 bits per heavy atom. The fraction of sp³-hybridized carbons (Fsp3) is 1.00. The third-order valence-corrected chi connectivity index (χ3v) is 3.23. The molecule has 0 aromatic carbocycles. The molecule has 2 aliphatic rings. The Bertz CT molecular complexity index is 132. The molecule has 1 heteroatoms. The molecule has 1 nitrogen and oxygen atoms in total. The Kier molecular flexibility index (Phi) is 5.54. The first-order chi connectivity index (χ1) is 6.84. The normalized spacial score (nSPS) is 31.9. The second-order valence-corrected chi connectivity index (χ2v) is 4.66. The molecule has 0 heterocycles. The fourth-order valence-corrected chi connectivity index (χ4v) is 1.95. The van der Waals surface area contributed by atoms with Gasteiger partial charge in [0.2, 0.25) is 0 Å². The van der Waals surface area contributed by atoms with Crippen LogP contribution in [0, 0.1) is 11.8 Å². The number of hydrogen-bond acceptors (Lipinski definition) is 1. The molecule has 0 aliphatic heterocycles. The Morgan fingerprint density at radius 3 is 2.00 bits per heavy atom. The van der Waals surface area contributed by atoms with E-state index in [1.54, 1.807) is 0 Å². The largest absolute Gasteiger partial charge is 0.378 e. The number of hydrogen-bond donors (Lipinski definition) is 0. The topological polar surface area (TPSA) is 9.23 Å². The lowest BCUT2D eigenvalue weighted by molar-refractivity contribution is 0.0140. The molecular formula is C13H26O. The molecule has 0 aromatic rings. The SMILES string of the molecule is CC.CC1CCC(OCC2CC2)CC1. The highest BCUT2D eigenvalue weighted by Gasteiger charge is 2.24. The monoisotopic (exact) mass is 198 g/mol. The summed E-state index contributed by atoms with van der Waals surface area (Å²) in [6.45, 7) is 7.41. The molecule has 0 spiro atoms. The second-order valence-electron chi connectivity index (χ2n) is 4.66. The quantitative estimate of drug-likeness (QED) is 0.665. The molecule has 84 valence electrons. The molecule has 0 bridgehead atoms. The van der Waals surface area contributed by atoms with E-state index in [1.807, 2.05) is 13.8 Å². The van der Waals surface area contributed by atoms with Gasteiger partial charge in [-0.05, 0) is 50.4 Å². The Morgan fingerprint density at radius 1 is 0.929 bits per heavy atom. The van der Waals surface area contributed by atoms with Crippen molar-refractivity contribution < 1.29 is 4.74 Å². The standard InChI is InChI=1S/C11H20O.C2H6/c1-9-2-6-11(7-3-9)12-8-10-4-5-10;1-2/h9-11H,2-8H2,1H3;1-2H3. The van der Waals surface area contributed by atoms with Gasteiger partial charge in [0.1, 0.15) is 0 Å². The van der Waals surface area contributed by atoms with Gasteiger partial charge in [-0.15, -0.1) is 0 Å². The summed E-state index contributed by atoms with van der Waals surface area (Å²) in [6.07, 6.45) is 8.85. The van der Waals surface area contributed by atoms with Gasteiger partial charge in [0.05, 0.1) is 6.10 Å².